The van der Waals surface area contributed by atoms with Gasteiger partial charge in [0.25, 0.3) is 0 Å². The molecule has 0 radical (unpaired) electrons. The quantitative estimate of drug-likeness (QED) is 0.809. The van der Waals surface area contributed by atoms with E-state index in [1.807, 2.05) is 0 Å². The standard InChI is InChI=1S/C14H14BrF2NO3/c15-9-5-12(11(17)6-10(9)16)18-13(19)7-3-1-2-4-8(7)14(20)21/h5-8H,1-4H2,(H,18,19)(H,20,21). The molecule has 0 saturated heterocycles. The summed E-state index contributed by atoms with van der Waals surface area (Å²) in [6.45, 7) is 0. The first kappa shape index (κ1) is 15.9. The predicted octanol–water partition coefficient (Wildman–Crippen LogP) is 3.56. The highest BCUT2D eigenvalue weighted by atomic mass is 79.9. The number of hydrogen-bond donors (Lipinski definition) is 2. The SMILES string of the molecule is O=C(O)C1CCCCC1C(=O)Nc1cc(Br)c(F)cc1F. The summed E-state index contributed by atoms with van der Waals surface area (Å²) in [5.41, 5.74) is -0.164. The van der Waals surface area contributed by atoms with Crippen molar-refractivity contribution < 1.29 is 23.5 Å². The van der Waals surface area contributed by atoms with Gasteiger partial charge in [0.15, 0.2) is 0 Å². The number of carboxylic acids is 1. The highest BCUT2D eigenvalue weighted by Gasteiger charge is 2.35. The van der Waals surface area contributed by atoms with Crippen LogP contribution in [0.15, 0.2) is 16.6 Å². The van der Waals surface area contributed by atoms with Crippen LogP contribution in [0.25, 0.3) is 0 Å². The van der Waals surface area contributed by atoms with Crippen LogP contribution in [0.5, 0.6) is 0 Å². The van der Waals surface area contributed by atoms with Crippen LogP contribution in [0.1, 0.15) is 25.7 Å². The van der Waals surface area contributed by atoms with Gasteiger partial charge in [0.05, 0.1) is 22.0 Å². The third kappa shape index (κ3) is 3.58. The molecule has 0 bridgehead atoms. The van der Waals surface area contributed by atoms with Gasteiger partial charge >= 0.3 is 5.97 Å². The minimum Gasteiger partial charge on any atom is -0.481 e. The summed E-state index contributed by atoms with van der Waals surface area (Å²) in [5.74, 6) is -4.68. The molecular weight excluding hydrogens is 348 g/mol. The van der Waals surface area contributed by atoms with Crippen molar-refractivity contribution in [3.8, 4) is 0 Å². The summed E-state index contributed by atoms with van der Waals surface area (Å²) < 4.78 is 26.8. The second-order valence-electron chi connectivity index (χ2n) is 5.07. The Kier molecular flexibility index (Phi) is 4.92. The van der Waals surface area contributed by atoms with Gasteiger partial charge in [-0.1, -0.05) is 12.8 Å². The maximum Gasteiger partial charge on any atom is 0.307 e. The molecule has 1 amide bonds. The molecule has 2 atom stereocenters. The molecule has 0 spiro atoms. The van der Waals surface area contributed by atoms with Crippen molar-refractivity contribution in [2.75, 3.05) is 5.32 Å². The number of carboxylic acid groups (broad SMARTS) is 1. The van der Waals surface area contributed by atoms with Gasteiger partial charge in [0, 0.05) is 6.07 Å². The largest absolute Gasteiger partial charge is 0.481 e. The maximum absolute atomic E-state index is 13.6. The monoisotopic (exact) mass is 361 g/mol. The lowest BCUT2D eigenvalue weighted by molar-refractivity contribution is -0.147. The molecule has 4 nitrogen and oxygen atoms in total. The number of carbonyl (C=O) groups excluding carboxylic acids is 1. The Hall–Kier alpha value is -1.50. The van der Waals surface area contributed by atoms with E-state index in [2.05, 4.69) is 21.2 Å². The van der Waals surface area contributed by atoms with Crippen LogP contribution in [0, 0.1) is 23.5 Å². The molecule has 0 aliphatic heterocycles. The molecule has 1 aromatic carbocycles. The molecule has 2 rings (SSSR count). The van der Waals surface area contributed by atoms with Gasteiger partial charge in [-0.15, -0.1) is 0 Å². The Morgan fingerprint density at radius 2 is 1.76 bits per heavy atom. The van der Waals surface area contributed by atoms with E-state index in [1.54, 1.807) is 0 Å². The van der Waals surface area contributed by atoms with Gasteiger partial charge < -0.3 is 10.4 Å². The lowest BCUT2D eigenvalue weighted by atomic mass is 9.78. The van der Waals surface area contributed by atoms with Crippen molar-refractivity contribution in [2.24, 2.45) is 11.8 Å². The van der Waals surface area contributed by atoms with Crippen LogP contribution in [0.2, 0.25) is 0 Å². The van der Waals surface area contributed by atoms with E-state index in [4.69, 9.17) is 5.11 Å². The molecular formula is C14H14BrF2NO3. The van der Waals surface area contributed by atoms with Gasteiger partial charge in [-0.2, -0.15) is 0 Å². The lowest BCUT2D eigenvalue weighted by Gasteiger charge is -2.27. The lowest BCUT2D eigenvalue weighted by Crippen LogP contribution is -2.36. The van der Waals surface area contributed by atoms with E-state index in [0.717, 1.165) is 18.9 Å². The number of nitrogens with one attached hydrogen (secondary N) is 1. The number of carbonyl (C=O) groups is 2. The molecule has 1 fully saturated rings. The van der Waals surface area contributed by atoms with Gasteiger partial charge in [-0.05, 0) is 34.8 Å². The summed E-state index contributed by atoms with van der Waals surface area (Å²) in [5, 5.41) is 11.5. The highest BCUT2D eigenvalue weighted by Crippen LogP contribution is 2.32. The van der Waals surface area contributed by atoms with Crippen molar-refractivity contribution in [1.82, 2.24) is 0 Å². The van der Waals surface area contributed by atoms with Gasteiger partial charge in [0.1, 0.15) is 11.6 Å². The van der Waals surface area contributed by atoms with Crippen molar-refractivity contribution in [3.63, 3.8) is 0 Å². The number of amides is 1. The van der Waals surface area contributed by atoms with Crippen LogP contribution < -0.4 is 5.32 Å². The smallest absolute Gasteiger partial charge is 0.307 e. The Bertz CT molecular complexity index is 580. The van der Waals surface area contributed by atoms with Crippen molar-refractivity contribution in [2.45, 2.75) is 25.7 Å². The fraction of sp³-hybridized carbons (Fsp3) is 0.429. The second-order valence-corrected chi connectivity index (χ2v) is 5.93. The molecule has 114 valence electrons. The fourth-order valence-corrected chi connectivity index (χ4v) is 2.93. The molecule has 2 N–H and O–H groups in total. The Morgan fingerprint density at radius 3 is 2.38 bits per heavy atom. The predicted molar refractivity (Wildman–Crippen MR) is 75.8 cm³/mol. The minimum absolute atomic E-state index is 0.0256. The van der Waals surface area contributed by atoms with Crippen LogP contribution in [0.4, 0.5) is 14.5 Å². The summed E-state index contributed by atoms with van der Waals surface area (Å²) in [6, 6.07) is 1.79. The molecule has 21 heavy (non-hydrogen) atoms. The average molecular weight is 362 g/mol. The number of aliphatic carboxylic acids is 1. The third-order valence-corrected chi connectivity index (χ3v) is 4.30. The zero-order chi connectivity index (χ0) is 15.6. The number of halogens is 3. The average Bonchev–Trinajstić information content (AvgIpc) is 2.44. The fourth-order valence-electron chi connectivity index (χ4n) is 2.58. The second kappa shape index (κ2) is 6.51. The van der Waals surface area contributed by atoms with E-state index < -0.39 is 35.3 Å². The Balaban J connectivity index is 2.17. The van der Waals surface area contributed by atoms with Crippen molar-refractivity contribution in [3.05, 3.63) is 28.2 Å². The van der Waals surface area contributed by atoms with Crippen LogP contribution in [-0.2, 0) is 9.59 Å². The van der Waals surface area contributed by atoms with E-state index >= 15 is 0 Å². The Labute approximate surface area is 128 Å². The number of benzene rings is 1. The highest BCUT2D eigenvalue weighted by molar-refractivity contribution is 9.10. The van der Waals surface area contributed by atoms with Crippen LogP contribution in [-0.4, -0.2) is 17.0 Å². The third-order valence-electron chi connectivity index (χ3n) is 3.69. The first-order chi connectivity index (χ1) is 9.90. The van der Waals surface area contributed by atoms with Crippen molar-refractivity contribution in [1.29, 1.82) is 0 Å². The molecule has 0 aromatic heterocycles. The normalized spacial score (nSPS) is 21.9. The zero-order valence-electron chi connectivity index (χ0n) is 11.0. The summed E-state index contributed by atoms with van der Waals surface area (Å²) in [4.78, 5) is 23.4. The molecule has 0 heterocycles. The topological polar surface area (TPSA) is 66.4 Å². The number of anilines is 1. The molecule has 1 aliphatic rings. The van der Waals surface area contributed by atoms with Gasteiger partial charge in [0.2, 0.25) is 5.91 Å². The van der Waals surface area contributed by atoms with Crippen LogP contribution >= 0.6 is 15.9 Å². The van der Waals surface area contributed by atoms with Crippen molar-refractivity contribution >= 4 is 33.5 Å². The first-order valence-electron chi connectivity index (χ1n) is 6.58. The molecule has 1 aromatic rings. The molecule has 2 unspecified atom stereocenters. The van der Waals surface area contributed by atoms with E-state index in [-0.39, 0.29) is 10.2 Å². The maximum atomic E-state index is 13.6. The van der Waals surface area contributed by atoms with Crippen LogP contribution in [0.3, 0.4) is 0 Å². The molecule has 7 heteroatoms. The Morgan fingerprint density at radius 1 is 1.14 bits per heavy atom. The van der Waals surface area contributed by atoms with E-state index in [0.29, 0.717) is 18.9 Å². The molecule has 1 aliphatic carbocycles. The summed E-state index contributed by atoms with van der Waals surface area (Å²) in [6.07, 6.45) is 2.41. The van der Waals surface area contributed by atoms with E-state index in [9.17, 15) is 18.4 Å². The zero-order valence-corrected chi connectivity index (χ0v) is 12.6. The summed E-state index contributed by atoms with van der Waals surface area (Å²) in [7, 11) is 0. The van der Waals surface area contributed by atoms with Gasteiger partial charge in [-0.25, -0.2) is 8.78 Å². The first-order valence-corrected chi connectivity index (χ1v) is 7.37. The van der Waals surface area contributed by atoms with E-state index in [1.165, 1.54) is 0 Å². The molecule has 1 saturated carbocycles. The van der Waals surface area contributed by atoms with Gasteiger partial charge in [-0.3, -0.25) is 9.59 Å². The minimum atomic E-state index is -1.02. The summed E-state index contributed by atoms with van der Waals surface area (Å²) >= 11 is 2.91. The number of rotatable bonds is 3. The number of hydrogen-bond acceptors (Lipinski definition) is 2.